The predicted octanol–water partition coefficient (Wildman–Crippen LogP) is 2.65. The third-order valence-corrected chi connectivity index (χ3v) is 4.32. The van der Waals surface area contributed by atoms with Gasteiger partial charge in [0.1, 0.15) is 0 Å². The summed E-state index contributed by atoms with van der Waals surface area (Å²) in [4.78, 5) is 23.3. The molecule has 7 heteroatoms. The van der Waals surface area contributed by atoms with Gasteiger partial charge in [0.05, 0.1) is 10.8 Å². The number of piperidine rings is 1. The van der Waals surface area contributed by atoms with E-state index in [1.807, 2.05) is 0 Å². The number of benzene rings is 1. The number of hydrogen-bond donors (Lipinski definition) is 1. The Morgan fingerprint density at radius 1 is 1.45 bits per heavy atom. The van der Waals surface area contributed by atoms with Crippen molar-refractivity contribution in [3.63, 3.8) is 0 Å². The average molecular weight is 343 g/mol. The number of nitrogens with zero attached hydrogens (tertiary/aromatic N) is 2. The summed E-state index contributed by atoms with van der Waals surface area (Å²) in [5.41, 5.74) is 1.04. The zero-order valence-electron chi connectivity index (χ0n) is 10.8. The van der Waals surface area contributed by atoms with E-state index < -0.39 is 10.9 Å². The molecule has 108 valence electrons. The normalized spacial score (nSPS) is 17.1. The fourth-order valence-corrected chi connectivity index (χ4v) is 2.85. The fraction of sp³-hybridized carbons (Fsp3) is 0.462. The van der Waals surface area contributed by atoms with Crippen molar-refractivity contribution in [2.45, 2.75) is 19.4 Å². The molecule has 20 heavy (non-hydrogen) atoms. The molecule has 1 aliphatic heterocycles. The van der Waals surface area contributed by atoms with Crippen molar-refractivity contribution in [3.05, 3.63) is 38.3 Å². The van der Waals surface area contributed by atoms with Gasteiger partial charge in [0.25, 0.3) is 5.69 Å². The largest absolute Gasteiger partial charge is 0.481 e. The molecule has 0 bridgehead atoms. The Kier molecular flexibility index (Phi) is 4.72. The fourth-order valence-electron chi connectivity index (χ4n) is 2.36. The molecule has 0 aromatic heterocycles. The van der Waals surface area contributed by atoms with Crippen LogP contribution in [0.4, 0.5) is 5.69 Å². The lowest BCUT2D eigenvalue weighted by atomic mass is 9.97. The monoisotopic (exact) mass is 342 g/mol. The lowest BCUT2D eigenvalue weighted by Crippen LogP contribution is -2.35. The van der Waals surface area contributed by atoms with Gasteiger partial charge >= 0.3 is 5.97 Å². The van der Waals surface area contributed by atoms with E-state index in [0.717, 1.165) is 18.7 Å². The first-order chi connectivity index (χ1) is 9.47. The van der Waals surface area contributed by atoms with Gasteiger partial charge in [-0.05, 0) is 37.6 Å². The summed E-state index contributed by atoms with van der Waals surface area (Å²) in [7, 11) is 0. The number of nitro benzene ring substituents is 1. The van der Waals surface area contributed by atoms with Gasteiger partial charge < -0.3 is 5.11 Å². The molecular formula is C13H15BrN2O4. The molecule has 6 nitrogen and oxygen atoms in total. The van der Waals surface area contributed by atoms with E-state index in [4.69, 9.17) is 5.11 Å². The van der Waals surface area contributed by atoms with Crippen LogP contribution < -0.4 is 0 Å². The number of carboxylic acid groups (broad SMARTS) is 1. The number of nitro groups is 1. The molecule has 0 saturated carbocycles. The summed E-state index contributed by atoms with van der Waals surface area (Å²) >= 11 is 3.35. The number of likely N-dealkylation sites (tertiary alicyclic amines) is 1. The second-order valence-corrected chi connectivity index (χ2v) is 5.78. The van der Waals surface area contributed by atoms with Crippen LogP contribution in [0.1, 0.15) is 18.4 Å². The number of non-ortho nitro benzene ring substituents is 1. The molecule has 0 amide bonds. The van der Waals surface area contributed by atoms with Crippen molar-refractivity contribution in [2.75, 3.05) is 13.1 Å². The van der Waals surface area contributed by atoms with Crippen molar-refractivity contribution in [1.29, 1.82) is 0 Å². The first-order valence-electron chi connectivity index (χ1n) is 6.35. The standard InChI is InChI=1S/C13H15BrN2O4/c14-12-7-11(16(19)20)2-1-10(12)8-15-5-3-9(4-6-15)13(17)18/h1-2,7,9H,3-6,8H2,(H,17,18). The number of aliphatic carboxylic acids is 1. The zero-order valence-corrected chi connectivity index (χ0v) is 12.4. The molecule has 1 fully saturated rings. The zero-order chi connectivity index (χ0) is 14.7. The Balaban J connectivity index is 1.98. The predicted molar refractivity (Wildman–Crippen MR) is 76.4 cm³/mol. The van der Waals surface area contributed by atoms with E-state index in [1.54, 1.807) is 6.07 Å². The quantitative estimate of drug-likeness (QED) is 0.671. The van der Waals surface area contributed by atoms with E-state index >= 15 is 0 Å². The van der Waals surface area contributed by atoms with Crippen LogP contribution in [-0.4, -0.2) is 34.0 Å². The van der Waals surface area contributed by atoms with Gasteiger partial charge in [0.15, 0.2) is 0 Å². The summed E-state index contributed by atoms with van der Waals surface area (Å²) in [6.45, 7) is 2.14. The highest BCUT2D eigenvalue weighted by molar-refractivity contribution is 9.10. The van der Waals surface area contributed by atoms with Crippen LogP contribution in [-0.2, 0) is 11.3 Å². The van der Waals surface area contributed by atoms with Gasteiger partial charge in [0.2, 0.25) is 0 Å². The van der Waals surface area contributed by atoms with Crippen molar-refractivity contribution in [3.8, 4) is 0 Å². The minimum Gasteiger partial charge on any atom is -0.481 e. The van der Waals surface area contributed by atoms with Crippen LogP contribution in [0.15, 0.2) is 22.7 Å². The lowest BCUT2D eigenvalue weighted by molar-refractivity contribution is -0.384. The lowest BCUT2D eigenvalue weighted by Gasteiger charge is -2.30. The Morgan fingerprint density at radius 2 is 2.10 bits per heavy atom. The average Bonchev–Trinajstić information content (AvgIpc) is 2.41. The maximum absolute atomic E-state index is 10.9. The number of halogens is 1. The third kappa shape index (κ3) is 3.55. The van der Waals surface area contributed by atoms with Crippen LogP contribution in [0.3, 0.4) is 0 Å². The summed E-state index contributed by atoms with van der Waals surface area (Å²) in [6.07, 6.45) is 1.31. The van der Waals surface area contributed by atoms with Crippen LogP contribution in [0.2, 0.25) is 0 Å². The molecule has 0 unspecified atom stereocenters. The third-order valence-electron chi connectivity index (χ3n) is 3.58. The number of rotatable bonds is 4. The van der Waals surface area contributed by atoms with E-state index in [0.29, 0.717) is 23.9 Å². The number of carboxylic acids is 1. The molecule has 1 aromatic carbocycles. The molecule has 0 atom stereocenters. The highest BCUT2D eigenvalue weighted by atomic mass is 79.9. The SMILES string of the molecule is O=C(O)C1CCN(Cc2ccc([N+](=O)[O-])cc2Br)CC1. The second kappa shape index (κ2) is 6.32. The summed E-state index contributed by atoms with van der Waals surface area (Å²) in [5, 5.41) is 19.6. The minimum absolute atomic E-state index is 0.0604. The van der Waals surface area contributed by atoms with Gasteiger partial charge in [-0.3, -0.25) is 19.8 Å². The Hall–Kier alpha value is -1.47. The van der Waals surface area contributed by atoms with Crippen LogP contribution >= 0.6 is 15.9 Å². The molecule has 1 aliphatic rings. The first-order valence-corrected chi connectivity index (χ1v) is 7.14. The van der Waals surface area contributed by atoms with Gasteiger partial charge in [-0.2, -0.15) is 0 Å². The van der Waals surface area contributed by atoms with Crippen molar-refractivity contribution in [2.24, 2.45) is 5.92 Å². The smallest absolute Gasteiger partial charge is 0.306 e. The number of carbonyl (C=O) groups is 1. The maximum Gasteiger partial charge on any atom is 0.306 e. The maximum atomic E-state index is 10.9. The van der Waals surface area contributed by atoms with Gasteiger partial charge in [0, 0.05) is 23.2 Å². The topological polar surface area (TPSA) is 83.7 Å². The molecule has 1 heterocycles. The first kappa shape index (κ1) is 14.9. The Morgan fingerprint density at radius 3 is 2.60 bits per heavy atom. The highest BCUT2D eigenvalue weighted by Crippen LogP contribution is 2.26. The van der Waals surface area contributed by atoms with Crippen LogP contribution in [0.5, 0.6) is 0 Å². The van der Waals surface area contributed by atoms with Crippen LogP contribution in [0.25, 0.3) is 0 Å². The summed E-state index contributed by atoms with van der Waals surface area (Å²) in [6, 6.07) is 4.73. The molecule has 1 N–H and O–H groups in total. The van der Waals surface area contributed by atoms with E-state index in [2.05, 4.69) is 20.8 Å². The minimum atomic E-state index is -0.721. The molecule has 2 rings (SSSR count). The summed E-state index contributed by atoms with van der Waals surface area (Å²) in [5.74, 6) is -0.965. The van der Waals surface area contributed by atoms with E-state index in [9.17, 15) is 14.9 Å². The van der Waals surface area contributed by atoms with E-state index in [1.165, 1.54) is 12.1 Å². The van der Waals surface area contributed by atoms with E-state index in [-0.39, 0.29) is 11.6 Å². The molecule has 1 saturated heterocycles. The molecular weight excluding hydrogens is 328 g/mol. The summed E-state index contributed by atoms with van der Waals surface area (Å²) < 4.78 is 0.715. The molecule has 0 radical (unpaired) electrons. The Labute approximate surface area is 124 Å². The molecule has 0 spiro atoms. The highest BCUT2D eigenvalue weighted by Gasteiger charge is 2.24. The molecule has 0 aliphatic carbocycles. The van der Waals surface area contributed by atoms with Crippen molar-refractivity contribution in [1.82, 2.24) is 4.90 Å². The van der Waals surface area contributed by atoms with Gasteiger partial charge in [-0.25, -0.2) is 0 Å². The van der Waals surface area contributed by atoms with Gasteiger partial charge in [-0.1, -0.05) is 15.9 Å². The van der Waals surface area contributed by atoms with Gasteiger partial charge in [-0.15, -0.1) is 0 Å². The van der Waals surface area contributed by atoms with Crippen molar-refractivity contribution < 1.29 is 14.8 Å². The van der Waals surface area contributed by atoms with Crippen LogP contribution in [0, 0.1) is 16.0 Å². The number of hydrogen-bond acceptors (Lipinski definition) is 4. The Bertz CT molecular complexity index is 527. The second-order valence-electron chi connectivity index (χ2n) is 4.92. The van der Waals surface area contributed by atoms with Crippen molar-refractivity contribution >= 4 is 27.6 Å². The molecule has 1 aromatic rings.